The second-order valence-corrected chi connectivity index (χ2v) is 9.35. The molecule has 0 radical (unpaired) electrons. The van der Waals surface area contributed by atoms with E-state index in [0.29, 0.717) is 6.54 Å². The fourth-order valence-electron chi connectivity index (χ4n) is 4.03. The maximum absolute atomic E-state index is 12.8. The zero-order chi connectivity index (χ0) is 23.3. The van der Waals surface area contributed by atoms with E-state index in [-0.39, 0.29) is 17.7 Å². The molecular weight excluding hydrogens is 418 g/mol. The molecule has 6 nitrogen and oxygen atoms in total. The van der Waals surface area contributed by atoms with Gasteiger partial charge in [-0.3, -0.25) is 9.69 Å². The number of anilines is 1. The number of hydrogen-bond acceptors (Lipinski definition) is 5. The second-order valence-electron chi connectivity index (χ2n) is 8.41. The molecule has 1 amide bonds. The molecule has 1 atom stereocenters. The Hall–Kier alpha value is -2.64. The number of nitrogens with zero attached hydrogens (tertiary/aromatic N) is 4. The van der Waals surface area contributed by atoms with E-state index in [0.717, 1.165) is 34.2 Å². The van der Waals surface area contributed by atoms with Gasteiger partial charge in [0, 0.05) is 5.69 Å². The summed E-state index contributed by atoms with van der Waals surface area (Å²) < 4.78 is 2.14. The molecule has 0 bridgehead atoms. The molecule has 0 spiro atoms. The predicted molar refractivity (Wildman–Crippen MR) is 132 cm³/mol. The van der Waals surface area contributed by atoms with Gasteiger partial charge in [-0.25, -0.2) is 0 Å². The summed E-state index contributed by atoms with van der Waals surface area (Å²) in [4.78, 5) is 14.9. The number of aromatic nitrogens is 3. The molecule has 2 aromatic carbocycles. The topological polar surface area (TPSA) is 63.1 Å². The zero-order valence-corrected chi connectivity index (χ0v) is 20.7. The van der Waals surface area contributed by atoms with Crippen LogP contribution in [0, 0.1) is 20.8 Å². The van der Waals surface area contributed by atoms with Crippen LogP contribution in [0.2, 0.25) is 0 Å². The van der Waals surface area contributed by atoms with Crippen molar-refractivity contribution >= 4 is 23.4 Å². The highest BCUT2D eigenvalue weighted by Crippen LogP contribution is 2.27. The van der Waals surface area contributed by atoms with Gasteiger partial charge in [0.25, 0.3) is 0 Å². The normalized spacial score (nSPS) is 12.2. The Morgan fingerprint density at radius 3 is 2.34 bits per heavy atom. The maximum Gasteiger partial charge on any atom is 0.234 e. The van der Waals surface area contributed by atoms with Crippen molar-refractivity contribution in [3.8, 4) is 0 Å². The average Bonchev–Trinajstić information content (AvgIpc) is 3.12. The van der Waals surface area contributed by atoms with Gasteiger partial charge in [-0.1, -0.05) is 66.7 Å². The minimum absolute atomic E-state index is 0.0412. The second kappa shape index (κ2) is 10.8. The number of carbonyl (C=O) groups excluding carboxylic acids is 1. The lowest BCUT2D eigenvalue weighted by atomic mass is 10.1. The van der Waals surface area contributed by atoms with Crippen molar-refractivity contribution in [2.75, 3.05) is 25.2 Å². The molecule has 32 heavy (non-hydrogen) atoms. The average molecular weight is 452 g/mol. The summed E-state index contributed by atoms with van der Waals surface area (Å²) in [5.41, 5.74) is 5.42. The van der Waals surface area contributed by atoms with E-state index < -0.39 is 0 Å². The van der Waals surface area contributed by atoms with Gasteiger partial charge in [0.05, 0.1) is 18.3 Å². The van der Waals surface area contributed by atoms with Crippen LogP contribution in [-0.4, -0.2) is 45.4 Å². The first-order valence-corrected chi connectivity index (χ1v) is 11.9. The Morgan fingerprint density at radius 2 is 1.75 bits per heavy atom. The van der Waals surface area contributed by atoms with Crippen LogP contribution in [0.25, 0.3) is 0 Å². The molecule has 0 aliphatic heterocycles. The monoisotopic (exact) mass is 451 g/mol. The third-order valence-electron chi connectivity index (χ3n) is 5.51. The number of aryl methyl sites for hydroxylation is 3. The third kappa shape index (κ3) is 5.78. The summed E-state index contributed by atoms with van der Waals surface area (Å²) in [5, 5.41) is 12.8. The zero-order valence-electron chi connectivity index (χ0n) is 19.8. The molecule has 0 fully saturated rings. The van der Waals surface area contributed by atoms with Gasteiger partial charge < -0.3 is 9.88 Å². The minimum atomic E-state index is -0.0412. The first-order valence-electron chi connectivity index (χ1n) is 10.9. The predicted octanol–water partition coefficient (Wildman–Crippen LogP) is 5.00. The van der Waals surface area contributed by atoms with Crippen LogP contribution in [0.5, 0.6) is 0 Å². The van der Waals surface area contributed by atoms with Crippen LogP contribution in [0.4, 0.5) is 5.69 Å². The summed E-state index contributed by atoms with van der Waals surface area (Å²) in [6.45, 7) is 8.94. The summed E-state index contributed by atoms with van der Waals surface area (Å²) in [5.74, 6) is 1.16. The van der Waals surface area contributed by atoms with Crippen LogP contribution >= 0.6 is 11.8 Å². The molecule has 1 unspecified atom stereocenters. The number of amides is 1. The third-order valence-corrected chi connectivity index (χ3v) is 6.48. The fourth-order valence-corrected chi connectivity index (χ4v) is 4.77. The molecule has 3 aromatic rings. The van der Waals surface area contributed by atoms with Crippen molar-refractivity contribution in [1.82, 2.24) is 19.7 Å². The quantitative estimate of drug-likeness (QED) is 0.464. The first kappa shape index (κ1) is 24.0. The van der Waals surface area contributed by atoms with E-state index >= 15 is 0 Å². The minimum Gasteiger partial charge on any atom is -0.325 e. The highest BCUT2D eigenvalue weighted by Gasteiger charge is 2.22. The Balaban J connectivity index is 1.80. The molecule has 1 heterocycles. The molecule has 0 aliphatic carbocycles. The SMILES string of the molecule is CCC(c1nnc(SCC(=O)Nc2c(C)cc(C)cc2C)n1Cc1ccccc1)N(C)C. The van der Waals surface area contributed by atoms with E-state index in [1.165, 1.54) is 22.9 Å². The Kier molecular flexibility index (Phi) is 8.10. The largest absolute Gasteiger partial charge is 0.325 e. The molecule has 0 saturated carbocycles. The van der Waals surface area contributed by atoms with Gasteiger partial charge in [-0.2, -0.15) is 0 Å². The number of nitrogens with one attached hydrogen (secondary N) is 1. The van der Waals surface area contributed by atoms with E-state index in [9.17, 15) is 4.79 Å². The van der Waals surface area contributed by atoms with E-state index in [1.807, 2.05) is 32.0 Å². The van der Waals surface area contributed by atoms with Crippen molar-refractivity contribution in [2.45, 2.75) is 51.9 Å². The summed E-state index contributed by atoms with van der Waals surface area (Å²) in [6.07, 6.45) is 0.928. The number of thioether (sulfide) groups is 1. The van der Waals surface area contributed by atoms with Gasteiger partial charge in [0.15, 0.2) is 11.0 Å². The summed E-state index contributed by atoms with van der Waals surface area (Å²) >= 11 is 1.43. The number of carbonyl (C=O) groups is 1. The fraction of sp³-hybridized carbons (Fsp3) is 0.400. The van der Waals surface area contributed by atoms with Crippen molar-refractivity contribution in [1.29, 1.82) is 0 Å². The van der Waals surface area contributed by atoms with Gasteiger partial charge in [0.2, 0.25) is 5.91 Å². The smallest absolute Gasteiger partial charge is 0.234 e. The lowest BCUT2D eigenvalue weighted by molar-refractivity contribution is -0.113. The maximum atomic E-state index is 12.8. The standard InChI is InChI=1S/C25H33N5OS/c1-7-21(29(5)6)24-27-28-25(30(24)15-20-11-9-8-10-12-20)32-16-22(31)26-23-18(3)13-17(2)14-19(23)4/h8-14,21H,7,15-16H2,1-6H3,(H,26,31). The Bertz CT molecular complexity index is 1040. The van der Waals surface area contributed by atoms with E-state index in [2.05, 4.69) is 77.2 Å². The van der Waals surface area contributed by atoms with Crippen LogP contribution in [-0.2, 0) is 11.3 Å². The van der Waals surface area contributed by atoms with Gasteiger partial charge in [-0.15, -0.1) is 10.2 Å². The molecule has 7 heteroatoms. The number of hydrogen-bond donors (Lipinski definition) is 1. The highest BCUT2D eigenvalue weighted by atomic mass is 32.2. The Labute approximate surface area is 195 Å². The summed E-state index contributed by atoms with van der Waals surface area (Å²) in [6, 6.07) is 14.6. The van der Waals surface area contributed by atoms with Crippen LogP contribution in [0.1, 0.15) is 47.5 Å². The highest BCUT2D eigenvalue weighted by molar-refractivity contribution is 7.99. The van der Waals surface area contributed by atoms with Crippen LogP contribution in [0.3, 0.4) is 0 Å². The van der Waals surface area contributed by atoms with Crippen molar-refractivity contribution in [2.24, 2.45) is 0 Å². The van der Waals surface area contributed by atoms with Crippen LogP contribution < -0.4 is 5.32 Å². The molecule has 0 saturated heterocycles. The molecule has 3 rings (SSSR count). The Morgan fingerprint density at radius 1 is 1.09 bits per heavy atom. The molecular formula is C25H33N5OS. The lowest BCUT2D eigenvalue weighted by Gasteiger charge is -2.23. The molecule has 170 valence electrons. The van der Waals surface area contributed by atoms with Gasteiger partial charge in [0.1, 0.15) is 0 Å². The molecule has 1 aromatic heterocycles. The lowest BCUT2D eigenvalue weighted by Crippen LogP contribution is -2.23. The number of benzene rings is 2. The number of rotatable bonds is 9. The van der Waals surface area contributed by atoms with Gasteiger partial charge in [-0.05, 0) is 58.0 Å². The van der Waals surface area contributed by atoms with Gasteiger partial charge >= 0.3 is 0 Å². The van der Waals surface area contributed by atoms with Crippen LogP contribution in [0.15, 0.2) is 47.6 Å². The van der Waals surface area contributed by atoms with Crippen molar-refractivity contribution in [3.63, 3.8) is 0 Å². The molecule has 1 N–H and O–H groups in total. The first-order chi connectivity index (χ1) is 15.3. The molecule has 0 aliphatic rings. The van der Waals surface area contributed by atoms with E-state index in [1.54, 1.807) is 0 Å². The summed E-state index contributed by atoms with van der Waals surface area (Å²) in [7, 11) is 4.12. The van der Waals surface area contributed by atoms with E-state index in [4.69, 9.17) is 0 Å². The van der Waals surface area contributed by atoms with Crippen molar-refractivity contribution in [3.05, 3.63) is 70.5 Å². The van der Waals surface area contributed by atoms with Crippen molar-refractivity contribution < 1.29 is 4.79 Å².